The highest BCUT2D eigenvalue weighted by Crippen LogP contribution is 2.07. The van der Waals surface area contributed by atoms with E-state index in [1.807, 2.05) is 0 Å². The van der Waals surface area contributed by atoms with Gasteiger partial charge in [0.2, 0.25) is 5.91 Å². The van der Waals surface area contributed by atoms with Gasteiger partial charge in [0.1, 0.15) is 6.04 Å². The number of carboxylic acid groups (broad SMARTS) is 1. The predicted molar refractivity (Wildman–Crippen MR) is 71.1 cm³/mol. The summed E-state index contributed by atoms with van der Waals surface area (Å²) in [7, 11) is 0. The zero-order valence-electron chi connectivity index (χ0n) is 11.4. The lowest BCUT2D eigenvalue weighted by molar-refractivity contribution is -0.141. The molecule has 0 aliphatic rings. The van der Waals surface area contributed by atoms with E-state index in [2.05, 4.69) is 10.3 Å². The van der Waals surface area contributed by atoms with Crippen molar-refractivity contribution in [2.75, 3.05) is 13.1 Å². The van der Waals surface area contributed by atoms with E-state index in [0.29, 0.717) is 5.56 Å². The molecule has 1 rings (SSSR count). The van der Waals surface area contributed by atoms with Crippen LogP contribution in [0.3, 0.4) is 0 Å². The number of carbonyl (C=O) groups is 3. The number of pyridine rings is 1. The molecular formula is C13H17N3O4. The van der Waals surface area contributed by atoms with E-state index in [0.717, 1.165) is 0 Å². The molecule has 0 radical (unpaired) electrons. The standard InChI is InChI=1S/C13H17N3O4/c1-9(13(19)20)16(8-7-15-10(2)17)12(18)11-3-5-14-6-4-11/h3-6,9H,7-8H2,1-2H3,(H,15,17)(H,19,20). The first-order valence-corrected chi connectivity index (χ1v) is 6.11. The highest BCUT2D eigenvalue weighted by atomic mass is 16.4. The van der Waals surface area contributed by atoms with E-state index in [1.54, 1.807) is 0 Å². The molecule has 0 aromatic carbocycles. The number of carbonyl (C=O) groups excluding carboxylic acids is 2. The summed E-state index contributed by atoms with van der Waals surface area (Å²) in [6, 6.07) is 2.05. The molecule has 0 fully saturated rings. The molecule has 7 heteroatoms. The van der Waals surface area contributed by atoms with Gasteiger partial charge in [0.05, 0.1) is 0 Å². The Hall–Kier alpha value is -2.44. The van der Waals surface area contributed by atoms with E-state index >= 15 is 0 Å². The average molecular weight is 279 g/mol. The molecule has 0 saturated carbocycles. The molecule has 20 heavy (non-hydrogen) atoms. The van der Waals surface area contributed by atoms with Crippen molar-refractivity contribution in [3.8, 4) is 0 Å². The number of hydrogen-bond donors (Lipinski definition) is 2. The Morgan fingerprint density at radius 1 is 1.35 bits per heavy atom. The quantitative estimate of drug-likeness (QED) is 0.771. The van der Waals surface area contributed by atoms with Gasteiger partial charge in [-0.15, -0.1) is 0 Å². The number of amides is 2. The number of nitrogens with zero attached hydrogens (tertiary/aromatic N) is 2. The van der Waals surface area contributed by atoms with Gasteiger partial charge in [0.15, 0.2) is 0 Å². The summed E-state index contributed by atoms with van der Waals surface area (Å²) in [4.78, 5) is 39.2. The van der Waals surface area contributed by atoms with Crippen LogP contribution in [0.2, 0.25) is 0 Å². The van der Waals surface area contributed by atoms with Crippen LogP contribution < -0.4 is 5.32 Å². The van der Waals surface area contributed by atoms with Gasteiger partial charge >= 0.3 is 5.97 Å². The third kappa shape index (κ3) is 4.34. The summed E-state index contributed by atoms with van der Waals surface area (Å²) in [5.74, 6) is -1.74. The monoisotopic (exact) mass is 279 g/mol. The van der Waals surface area contributed by atoms with E-state index in [4.69, 9.17) is 5.11 Å². The molecule has 2 amide bonds. The Morgan fingerprint density at radius 3 is 2.45 bits per heavy atom. The highest BCUT2D eigenvalue weighted by Gasteiger charge is 2.26. The van der Waals surface area contributed by atoms with Crippen LogP contribution in [-0.2, 0) is 9.59 Å². The van der Waals surface area contributed by atoms with Crippen LogP contribution in [0.1, 0.15) is 24.2 Å². The second kappa shape index (κ2) is 7.22. The minimum absolute atomic E-state index is 0.119. The van der Waals surface area contributed by atoms with Crippen molar-refractivity contribution in [3.05, 3.63) is 30.1 Å². The van der Waals surface area contributed by atoms with Gasteiger partial charge in [-0.2, -0.15) is 0 Å². The molecule has 0 spiro atoms. The van der Waals surface area contributed by atoms with Crippen LogP contribution in [0.25, 0.3) is 0 Å². The topological polar surface area (TPSA) is 99.6 Å². The van der Waals surface area contributed by atoms with Crippen LogP contribution in [-0.4, -0.2) is 51.9 Å². The first-order chi connectivity index (χ1) is 9.43. The number of rotatable bonds is 6. The number of aromatic nitrogens is 1. The molecule has 1 aromatic rings. The molecule has 0 aliphatic carbocycles. The number of nitrogens with one attached hydrogen (secondary N) is 1. The molecule has 1 heterocycles. The predicted octanol–water partition coefficient (Wildman–Crippen LogP) is 0.133. The largest absolute Gasteiger partial charge is 0.480 e. The van der Waals surface area contributed by atoms with Gasteiger partial charge in [-0.3, -0.25) is 14.6 Å². The number of hydrogen-bond acceptors (Lipinski definition) is 4. The summed E-state index contributed by atoms with van der Waals surface area (Å²) >= 11 is 0. The first-order valence-electron chi connectivity index (χ1n) is 6.11. The zero-order valence-corrected chi connectivity index (χ0v) is 11.4. The van der Waals surface area contributed by atoms with Crippen LogP contribution in [0.4, 0.5) is 0 Å². The average Bonchev–Trinajstić information content (AvgIpc) is 2.43. The maximum atomic E-state index is 12.3. The van der Waals surface area contributed by atoms with Crippen molar-refractivity contribution in [3.63, 3.8) is 0 Å². The van der Waals surface area contributed by atoms with Crippen LogP contribution >= 0.6 is 0 Å². The summed E-state index contributed by atoms with van der Waals surface area (Å²) in [6.07, 6.45) is 2.93. The SMILES string of the molecule is CC(=O)NCCN(C(=O)c1ccncc1)C(C)C(=O)O. The van der Waals surface area contributed by atoms with Crippen molar-refractivity contribution in [2.45, 2.75) is 19.9 Å². The van der Waals surface area contributed by atoms with Gasteiger partial charge in [-0.1, -0.05) is 0 Å². The Morgan fingerprint density at radius 2 is 1.95 bits per heavy atom. The summed E-state index contributed by atoms with van der Waals surface area (Å²) in [6.45, 7) is 3.10. The fraction of sp³-hybridized carbons (Fsp3) is 0.385. The van der Waals surface area contributed by atoms with Gasteiger partial charge in [0, 0.05) is 38.0 Å². The molecule has 0 aliphatic heterocycles. The van der Waals surface area contributed by atoms with E-state index < -0.39 is 17.9 Å². The summed E-state index contributed by atoms with van der Waals surface area (Å²) in [5, 5.41) is 11.6. The Labute approximate surface area is 116 Å². The molecular weight excluding hydrogens is 262 g/mol. The molecule has 0 saturated heterocycles. The fourth-order valence-corrected chi connectivity index (χ4v) is 1.62. The normalized spacial score (nSPS) is 11.5. The highest BCUT2D eigenvalue weighted by molar-refractivity contribution is 5.96. The Kier molecular flexibility index (Phi) is 5.64. The lowest BCUT2D eigenvalue weighted by atomic mass is 10.2. The van der Waals surface area contributed by atoms with E-state index in [9.17, 15) is 14.4 Å². The van der Waals surface area contributed by atoms with Crippen molar-refractivity contribution in [1.82, 2.24) is 15.2 Å². The van der Waals surface area contributed by atoms with Crippen LogP contribution in [0.15, 0.2) is 24.5 Å². The van der Waals surface area contributed by atoms with Crippen LogP contribution in [0, 0.1) is 0 Å². The van der Waals surface area contributed by atoms with Crippen molar-refractivity contribution in [2.24, 2.45) is 0 Å². The molecule has 0 bridgehead atoms. The first kappa shape index (κ1) is 15.6. The molecule has 108 valence electrons. The minimum atomic E-state index is -1.10. The van der Waals surface area contributed by atoms with Gasteiger partial charge in [-0.05, 0) is 19.1 Å². The Bertz CT molecular complexity index is 490. The molecule has 2 N–H and O–H groups in total. The third-order valence-corrected chi connectivity index (χ3v) is 2.74. The van der Waals surface area contributed by atoms with Crippen molar-refractivity contribution >= 4 is 17.8 Å². The molecule has 1 atom stereocenters. The fourth-order valence-electron chi connectivity index (χ4n) is 1.62. The molecule has 1 unspecified atom stereocenters. The molecule has 1 aromatic heterocycles. The maximum Gasteiger partial charge on any atom is 0.326 e. The van der Waals surface area contributed by atoms with E-state index in [1.165, 1.54) is 43.3 Å². The lowest BCUT2D eigenvalue weighted by Gasteiger charge is -2.26. The smallest absolute Gasteiger partial charge is 0.326 e. The molecule has 7 nitrogen and oxygen atoms in total. The van der Waals surface area contributed by atoms with Crippen molar-refractivity contribution in [1.29, 1.82) is 0 Å². The summed E-state index contributed by atoms with van der Waals surface area (Å²) < 4.78 is 0. The number of carboxylic acids is 1. The number of aliphatic carboxylic acids is 1. The van der Waals surface area contributed by atoms with Gasteiger partial charge in [0.25, 0.3) is 5.91 Å². The van der Waals surface area contributed by atoms with Crippen molar-refractivity contribution < 1.29 is 19.5 Å². The Balaban J connectivity index is 2.84. The second-order valence-electron chi connectivity index (χ2n) is 4.23. The second-order valence-corrected chi connectivity index (χ2v) is 4.23. The van der Waals surface area contributed by atoms with Gasteiger partial charge in [-0.25, -0.2) is 4.79 Å². The minimum Gasteiger partial charge on any atom is -0.480 e. The lowest BCUT2D eigenvalue weighted by Crippen LogP contribution is -2.46. The maximum absolute atomic E-state index is 12.3. The van der Waals surface area contributed by atoms with E-state index in [-0.39, 0.29) is 19.0 Å². The van der Waals surface area contributed by atoms with Gasteiger partial charge < -0.3 is 15.3 Å². The zero-order chi connectivity index (χ0) is 15.1. The third-order valence-electron chi connectivity index (χ3n) is 2.74. The van der Waals surface area contributed by atoms with Crippen LogP contribution in [0.5, 0.6) is 0 Å². The summed E-state index contributed by atoms with van der Waals surface area (Å²) in [5.41, 5.74) is 0.357.